The molecule has 0 aliphatic carbocycles. The maximum atomic E-state index is 13.1. The molecule has 144 valence electrons. The minimum Gasteiger partial charge on any atom is -0.726 e. The molecule has 3 rings (SSSR count). The first-order valence-electron chi connectivity index (χ1n) is 6.64. The Balaban J connectivity index is 0.000000934. The van der Waals surface area contributed by atoms with Crippen LogP contribution in [0.4, 0.5) is 13.6 Å². The van der Waals surface area contributed by atoms with Crippen LogP contribution in [0.15, 0.2) is 24.5 Å². The van der Waals surface area contributed by atoms with Gasteiger partial charge in [-0.1, -0.05) is 0 Å². The number of urea groups is 1. The van der Waals surface area contributed by atoms with E-state index >= 15 is 0 Å². The van der Waals surface area contributed by atoms with Crippen molar-refractivity contribution in [3.05, 3.63) is 24.5 Å². The van der Waals surface area contributed by atoms with E-state index in [4.69, 9.17) is 17.5 Å². The van der Waals surface area contributed by atoms with Crippen molar-refractivity contribution in [3.63, 3.8) is 0 Å². The van der Waals surface area contributed by atoms with E-state index in [1.54, 1.807) is 12.3 Å². The summed E-state index contributed by atoms with van der Waals surface area (Å²) in [7, 11) is -4.92. The minimum atomic E-state index is -4.92. The molecule has 3 heterocycles. The Kier molecular flexibility index (Phi) is 9.77. The van der Waals surface area contributed by atoms with Crippen LogP contribution in [0, 0.1) is 0 Å². The number of carbonyl (C=O) groups excluding carboxylic acids is 2. The topological polar surface area (TPSA) is 168 Å². The fourth-order valence-corrected chi connectivity index (χ4v) is 2.24. The Morgan fingerprint density at radius 1 is 1.43 bits per heavy atom. The largest absolute Gasteiger partial charge is 1.00 e. The van der Waals surface area contributed by atoms with Crippen molar-refractivity contribution in [3.8, 4) is 0 Å². The van der Waals surface area contributed by atoms with Crippen molar-refractivity contribution in [2.45, 2.75) is 12.2 Å². The van der Waals surface area contributed by atoms with E-state index in [0.717, 1.165) is 0 Å². The van der Waals surface area contributed by atoms with Crippen molar-refractivity contribution in [1.29, 1.82) is 0 Å². The molecule has 17 heteroatoms. The molecular weight excluding hydrogens is 416 g/mol. The van der Waals surface area contributed by atoms with Gasteiger partial charge >= 0.3 is 60.6 Å². The molecule has 28 heavy (non-hydrogen) atoms. The molecular formula is C11H10F2LiN4NaO8S. The molecule has 2 bridgehead atoms. The van der Waals surface area contributed by atoms with E-state index in [1.807, 2.05) is 0 Å². The number of hydrogen-bond acceptors (Lipinski definition) is 8. The van der Waals surface area contributed by atoms with Crippen molar-refractivity contribution < 1.29 is 94.3 Å². The number of aliphatic carboxylic acids is 1. The van der Waals surface area contributed by atoms with Gasteiger partial charge in [0, 0.05) is 18.9 Å². The number of alkyl halides is 2. The molecule has 1 unspecified atom stereocenters. The van der Waals surface area contributed by atoms with E-state index in [2.05, 4.69) is 9.94 Å². The Hall–Kier alpha value is -1.02. The molecule has 0 spiro atoms. The Bertz CT molecular complexity index is 830. The summed E-state index contributed by atoms with van der Waals surface area (Å²) >= 11 is 0. The van der Waals surface area contributed by atoms with Gasteiger partial charge in [-0.25, -0.2) is 17.9 Å². The summed E-state index contributed by atoms with van der Waals surface area (Å²) in [6, 6.07) is 0.0162. The number of fused-ring (bicyclic) bond motifs is 2. The van der Waals surface area contributed by atoms with E-state index in [9.17, 15) is 23.5 Å². The molecule has 1 atom stereocenters. The predicted octanol–water partition coefficient (Wildman–Crippen LogP) is -7.87. The van der Waals surface area contributed by atoms with Crippen LogP contribution in [0.3, 0.4) is 0 Å². The predicted molar refractivity (Wildman–Crippen MR) is 72.5 cm³/mol. The first-order valence-corrected chi connectivity index (χ1v) is 8.00. The summed E-state index contributed by atoms with van der Waals surface area (Å²) in [6.07, 6.45) is 0.129. The summed E-state index contributed by atoms with van der Waals surface area (Å²) in [5.74, 6) is -2.71. The van der Waals surface area contributed by atoms with E-state index in [-0.39, 0.29) is 61.5 Å². The molecule has 0 radical (unpaired) electrons. The third-order valence-electron chi connectivity index (χ3n) is 3.15. The van der Waals surface area contributed by atoms with Crippen LogP contribution in [-0.2, 0) is 20.0 Å². The van der Waals surface area contributed by atoms with Crippen molar-refractivity contribution in [2.24, 2.45) is 0 Å². The molecule has 1 fully saturated rings. The molecule has 1 saturated heterocycles. The molecule has 2 aliphatic heterocycles. The molecule has 0 saturated carbocycles. The number of rotatable bonds is 4. The Morgan fingerprint density at radius 2 is 2.00 bits per heavy atom. The zero-order valence-corrected chi connectivity index (χ0v) is 17.4. The zero-order valence-electron chi connectivity index (χ0n) is 14.6. The van der Waals surface area contributed by atoms with Crippen LogP contribution in [-0.4, -0.2) is 74.5 Å². The van der Waals surface area contributed by atoms with Gasteiger partial charge < -0.3 is 19.4 Å². The first kappa shape index (κ1) is 27.0. The standard InChI is InChI=1S/C11H10F2N4O4.Li.Na.H2O4S/c12-11(13,9(18)19)21-17-8-4-7(16-3-1-2-14-16)5-15(6-8)10(17)20;;;1-5(2,3)4/h1-4,8H,5-6H2,(H,18,19);;;(H2,1,2,3,4)/q;2*+1;/p-2. The number of hydrogen-bond donors (Lipinski definition) is 1. The van der Waals surface area contributed by atoms with Crippen molar-refractivity contribution >= 4 is 28.1 Å². The number of carboxylic acid groups (broad SMARTS) is 1. The Morgan fingerprint density at radius 3 is 2.46 bits per heavy atom. The van der Waals surface area contributed by atoms with Crippen LogP contribution in [0.5, 0.6) is 0 Å². The molecule has 1 aromatic rings. The van der Waals surface area contributed by atoms with E-state index in [1.165, 1.54) is 21.9 Å². The monoisotopic (exact) mass is 426 g/mol. The average molecular weight is 426 g/mol. The molecule has 1 aromatic heterocycles. The number of halogens is 2. The maximum Gasteiger partial charge on any atom is 1.00 e. The third-order valence-corrected chi connectivity index (χ3v) is 3.15. The van der Waals surface area contributed by atoms with Gasteiger partial charge in [-0.05, 0) is 12.1 Å². The number of carboxylic acids is 1. The second kappa shape index (κ2) is 10.1. The fraction of sp³-hybridized carbons (Fsp3) is 0.364. The van der Waals surface area contributed by atoms with Crippen LogP contribution >= 0.6 is 0 Å². The summed E-state index contributed by atoms with van der Waals surface area (Å²) < 4.78 is 60.5. The van der Waals surface area contributed by atoms with Crippen molar-refractivity contribution in [1.82, 2.24) is 19.7 Å². The third kappa shape index (κ3) is 7.10. The second-order valence-electron chi connectivity index (χ2n) is 4.99. The number of carbonyl (C=O) groups is 2. The normalized spacial score (nSPS) is 18.4. The number of nitrogens with zero attached hydrogens (tertiary/aromatic N) is 4. The van der Waals surface area contributed by atoms with Crippen LogP contribution in [0.1, 0.15) is 0 Å². The molecule has 0 aromatic carbocycles. The van der Waals surface area contributed by atoms with E-state index < -0.39 is 34.5 Å². The van der Waals surface area contributed by atoms with Gasteiger partial charge in [-0.3, -0.25) is 4.55 Å². The van der Waals surface area contributed by atoms with Crippen LogP contribution in [0.2, 0.25) is 0 Å². The van der Waals surface area contributed by atoms with Gasteiger partial charge in [-0.2, -0.15) is 23.8 Å². The minimum absolute atomic E-state index is 0. The van der Waals surface area contributed by atoms with Gasteiger partial charge in [0.15, 0.2) is 0 Å². The zero-order chi connectivity index (χ0) is 19.7. The fourth-order valence-electron chi connectivity index (χ4n) is 2.24. The van der Waals surface area contributed by atoms with Crippen LogP contribution < -0.4 is 53.5 Å². The Labute approximate surface area is 191 Å². The van der Waals surface area contributed by atoms with E-state index in [0.29, 0.717) is 10.8 Å². The average Bonchev–Trinajstić information content (AvgIpc) is 3.09. The van der Waals surface area contributed by atoms with Crippen LogP contribution in [0.25, 0.3) is 5.70 Å². The van der Waals surface area contributed by atoms with Gasteiger partial charge in [0.05, 0.1) is 18.3 Å². The van der Waals surface area contributed by atoms with Crippen molar-refractivity contribution in [2.75, 3.05) is 13.1 Å². The number of hydroxylamine groups is 2. The molecule has 1 N–H and O–H groups in total. The summed E-state index contributed by atoms with van der Waals surface area (Å²) in [5.41, 5.74) is 0.604. The SMILES string of the molecule is O=C1N2CC(n3cccn3)=CC(C2)N1OC(F)(F)C(=O)[O-].O=S(=O)([O-])O.[Li+].[Na+]. The summed E-state index contributed by atoms with van der Waals surface area (Å²) in [6.45, 7) is 0.292. The van der Waals surface area contributed by atoms with Gasteiger partial charge in [0.1, 0.15) is 5.97 Å². The maximum absolute atomic E-state index is 13.1. The van der Waals surface area contributed by atoms with Gasteiger partial charge in [0.2, 0.25) is 10.4 Å². The summed E-state index contributed by atoms with van der Waals surface area (Å²) in [4.78, 5) is 27.5. The van der Waals surface area contributed by atoms with Gasteiger partial charge in [-0.15, -0.1) is 0 Å². The molecule has 12 nitrogen and oxygen atoms in total. The van der Waals surface area contributed by atoms with Gasteiger partial charge in [0.25, 0.3) is 0 Å². The smallest absolute Gasteiger partial charge is 0.726 e. The number of aromatic nitrogens is 2. The summed E-state index contributed by atoms with van der Waals surface area (Å²) in [5, 5.41) is 14.6. The first-order chi connectivity index (χ1) is 11.9. The number of amides is 2. The molecule has 2 aliphatic rings. The second-order valence-corrected chi connectivity index (χ2v) is 5.84. The quantitative estimate of drug-likeness (QED) is 0.279. The molecule has 2 amide bonds.